The van der Waals surface area contributed by atoms with Gasteiger partial charge in [0.05, 0.1) is 6.04 Å². The third-order valence-electron chi connectivity index (χ3n) is 3.90. The van der Waals surface area contributed by atoms with Crippen molar-refractivity contribution in [1.82, 2.24) is 10.6 Å². The molecule has 7 heteroatoms. The molecule has 2 aromatic carbocycles. The Balaban J connectivity index is 1.88. The van der Waals surface area contributed by atoms with Gasteiger partial charge in [0.2, 0.25) is 5.91 Å². The predicted molar refractivity (Wildman–Crippen MR) is 95.7 cm³/mol. The molecule has 128 valence electrons. The molecule has 0 spiro atoms. The van der Waals surface area contributed by atoms with Crippen LogP contribution in [0.1, 0.15) is 11.6 Å². The van der Waals surface area contributed by atoms with E-state index in [0.29, 0.717) is 10.8 Å². The van der Waals surface area contributed by atoms with Crippen LogP contribution in [0, 0.1) is 17.6 Å². The molecule has 1 fully saturated rings. The van der Waals surface area contributed by atoms with Crippen LogP contribution in [-0.2, 0) is 4.79 Å². The summed E-state index contributed by atoms with van der Waals surface area (Å²) in [4.78, 5) is 12.8. The number of amides is 1. The van der Waals surface area contributed by atoms with Crippen molar-refractivity contribution < 1.29 is 13.6 Å². The summed E-state index contributed by atoms with van der Waals surface area (Å²) in [5, 5.41) is 8.88. The minimum atomic E-state index is -1.03. The van der Waals surface area contributed by atoms with Gasteiger partial charge in [-0.05, 0) is 29.9 Å². The van der Waals surface area contributed by atoms with Crippen molar-refractivity contribution in [3.05, 3.63) is 78.0 Å². The number of rotatable bonds is 3. The highest BCUT2D eigenvalue weighted by Gasteiger charge is 2.36. The van der Waals surface area contributed by atoms with Gasteiger partial charge >= 0.3 is 0 Å². The number of halogens is 2. The number of benzene rings is 2. The minimum Gasteiger partial charge on any atom is -0.354 e. The normalized spacial score (nSPS) is 19.8. The first-order chi connectivity index (χ1) is 12.0. The Bertz CT molecular complexity index is 841. The van der Waals surface area contributed by atoms with Gasteiger partial charge in [0.25, 0.3) is 0 Å². The van der Waals surface area contributed by atoms with E-state index in [1.54, 1.807) is 0 Å². The summed E-state index contributed by atoms with van der Waals surface area (Å²) < 4.78 is 26.4. The highest BCUT2D eigenvalue weighted by molar-refractivity contribution is 7.80. The molecule has 3 N–H and O–H groups in total. The molecule has 0 aliphatic carbocycles. The van der Waals surface area contributed by atoms with Gasteiger partial charge in [0, 0.05) is 17.5 Å². The largest absolute Gasteiger partial charge is 0.354 e. The molecular formula is C18H15F2N3OS. The van der Waals surface area contributed by atoms with Crippen LogP contribution in [0.3, 0.4) is 0 Å². The van der Waals surface area contributed by atoms with Crippen LogP contribution >= 0.6 is 12.2 Å². The van der Waals surface area contributed by atoms with E-state index in [1.807, 2.05) is 30.3 Å². The van der Waals surface area contributed by atoms with Crippen LogP contribution < -0.4 is 16.0 Å². The van der Waals surface area contributed by atoms with Crippen LogP contribution in [0.25, 0.3) is 0 Å². The van der Waals surface area contributed by atoms with Crippen LogP contribution in [0.2, 0.25) is 0 Å². The van der Waals surface area contributed by atoms with Gasteiger partial charge in [0.1, 0.15) is 5.92 Å². The summed E-state index contributed by atoms with van der Waals surface area (Å²) in [5.74, 6) is -3.11. The van der Waals surface area contributed by atoms with Gasteiger partial charge in [-0.15, -0.1) is 0 Å². The van der Waals surface area contributed by atoms with Gasteiger partial charge in [-0.2, -0.15) is 0 Å². The molecule has 1 heterocycles. The summed E-state index contributed by atoms with van der Waals surface area (Å²) in [6.07, 6.45) is 0. The lowest BCUT2D eigenvalue weighted by atomic mass is 9.88. The van der Waals surface area contributed by atoms with E-state index in [4.69, 9.17) is 12.2 Å². The van der Waals surface area contributed by atoms with E-state index in [0.717, 1.165) is 17.7 Å². The van der Waals surface area contributed by atoms with Crippen LogP contribution in [0.15, 0.2) is 60.8 Å². The monoisotopic (exact) mass is 359 g/mol. The molecule has 0 saturated carbocycles. The van der Waals surface area contributed by atoms with E-state index >= 15 is 0 Å². The fourth-order valence-corrected chi connectivity index (χ4v) is 2.98. The Hall–Kier alpha value is -2.80. The summed E-state index contributed by atoms with van der Waals surface area (Å²) in [6, 6.07) is 12.1. The fourth-order valence-electron chi connectivity index (χ4n) is 2.73. The van der Waals surface area contributed by atoms with Gasteiger partial charge in [-0.25, -0.2) is 8.78 Å². The molecule has 1 aliphatic heterocycles. The topological polar surface area (TPSA) is 53.2 Å². The molecule has 25 heavy (non-hydrogen) atoms. The molecule has 2 aromatic rings. The number of hydrogen-bond donors (Lipinski definition) is 3. The summed E-state index contributed by atoms with van der Waals surface area (Å²) in [5.41, 5.74) is 1.45. The first-order valence-corrected chi connectivity index (χ1v) is 7.93. The standard InChI is InChI=1S/C18H15F2N3OS/c1-10-15(17(24)22-12-7-8-13(19)14(20)9-12)16(23-18(25)21-10)11-5-3-2-4-6-11/h2-9,15-16H,1H2,(H,22,24)(H2,21,23,25)/t15-,16-/m1/s1. The van der Waals surface area contributed by atoms with E-state index in [-0.39, 0.29) is 5.69 Å². The minimum absolute atomic E-state index is 0.164. The zero-order valence-corrected chi connectivity index (χ0v) is 13.9. The Morgan fingerprint density at radius 2 is 1.84 bits per heavy atom. The van der Waals surface area contributed by atoms with Crippen molar-refractivity contribution in [2.75, 3.05) is 5.32 Å². The van der Waals surface area contributed by atoms with Gasteiger partial charge < -0.3 is 16.0 Å². The van der Waals surface area contributed by atoms with Crippen molar-refractivity contribution in [3.63, 3.8) is 0 Å². The first kappa shape index (κ1) is 17.0. The Labute approximate surface area is 148 Å². The number of anilines is 1. The van der Waals surface area contributed by atoms with Crippen molar-refractivity contribution in [1.29, 1.82) is 0 Å². The Morgan fingerprint density at radius 1 is 1.12 bits per heavy atom. The number of carbonyl (C=O) groups excluding carboxylic acids is 1. The van der Waals surface area contributed by atoms with E-state index < -0.39 is 29.5 Å². The highest BCUT2D eigenvalue weighted by Crippen LogP contribution is 2.30. The van der Waals surface area contributed by atoms with Gasteiger partial charge in [-0.1, -0.05) is 36.9 Å². The van der Waals surface area contributed by atoms with Gasteiger partial charge in [-0.3, -0.25) is 4.79 Å². The number of carbonyl (C=O) groups is 1. The van der Waals surface area contributed by atoms with Crippen molar-refractivity contribution >= 4 is 28.9 Å². The number of thiocarbonyl (C=S) groups is 1. The molecule has 0 bridgehead atoms. The smallest absolute Gasteiger partial charge is 0.235 e. The molecule has 0 radical (unpaired) electrons. The van der Waals surface area contributed by atoms with Crippen molar-refractivity contribution in [3.8, 4) is 0 Å². The Kier molecular flexibility index (Phi) is 4.76. The van der Waals surface area contributed by atoms with E-state index in [2.05, 4.69) is 22.5 Å². The van der Waals surface area contributed by atoms with Crippen LogP contribution in [-0.4, -0.2) is 11.0 Å². The molecule has 1 aliphatic rings. The third-order valence-corrected chi connectivity index (χ3v) is 4.12. The lowest BCUT2D eigenvalue weighted by Crippen LogP contribution is -2.51. The van der Waals surface area contributed by atoms with Gasteiger partial charge in [0.15, 0.2) is 16.7 Å². The maximum Gasteiger partial charge on any atom is 0.235 e. The maximum absolute atomic E-state index is 13.4. The fraction of sp³-hybridized carbons (Fsp3) is 0.111. The average molecular weight is 359 g/mol. The zero-order chi connectivity index (χ0) is 18.0. The molecule has 0 unspecified atom stereocenters. The van der Waals surface area contributed by atoms with E-state index in [1.165, 1.54) is 6.07 Å². The molecule has 0 aromatic heterocycles. The van der Waals surface area contributed by atoms with Crippen molar-refractivity contribution in [2.45, 2.75) is 6.04 Å². The molecule has 1 saturated heterocycles. The lowest BCUT2D eigenvalue weighted by molar-refractivity contribution is -0.119. The predicted octanol–water partition coefficient (Wildman–Crippen LogP) is 3.25. The molecular weight excluding hydrogens is 344 g/mol. The van der Waals surface area contributed by atoms with E-state index in [9.17, 15) is 13.6 Å². The van der Waals surface area contributed by atoms with Crippen molar-refractivity contribution in [2.24, 2.45) is 5.92 Å². The second-order valence-electron chi connectivity index (χ2n) is 5.61. The maximum atomic E-state index is 13.4. The number of nitrogens with one attached hydrogen (secondary N) is 3. The second kappa shape index (κ2) is 6.98. The quantitative estimate of drug-likeness (QED) is 0.737. The highest BCUT2D eigenvalue weighted by atomic mass is 32.1. The lowest BCUT2D eigenvalue weighted by Gasteiger charge is -2.35. The average Bonchev–Trinajstić information content (AvgIpc) is 2.58. The van der Waals surface area contributed by atoms with Crippen LogP contribution in [0.4, 0.5) is 14.5 Å². The SMILES string of the molecule is C=C1NC(=S)N[C@H](c2ccccc2)[C@@H]1C(=O)Nc1ccc(F)c(F)c1. The molecule has 3 rings (SSSR count). The molecule has 2 atom stereocenters. The molecule has 1 amide bonds. The third kappa shape index (κ3) is 3.66. The summed E-state index contributed by atoms with van der Waals surface area (Å²) in [6.45, 7) is 3.88. The first-order valence-electron chi connectivity index (χ1n) is 7.53. The zero-order valence-electron chi connectivity index (χ0n) is 13.1. The molecule has 4 nitrogen and oxygen atoms in total. The summed E-state index contributed by atoms with van der Waals surface area (Å²) >= 11 is 5.15. The number of hydrogen-bond acceptors (Lipinski definition) is 2. The summed E-state index contributed by atoms with van der Waals surface area (Å²) in [7, 11) is 0. The van der Waals surface area contributed by atoms with Crippen LogP contribution in [0.5, 0.6) is 0 Å². The Morgan fingerprint density at radius 3 is 2.52 bits per heavy atom. The second-order valence-corrected chi connectivity index (χ2v) is 6.02.